The van der Waals surface area contributed by atoms with Crippen LogP contribution in [-0.4, -0.2) is 65.0 Å². The molecule has 184 valence electrons. The highest BCUT2D eigenvalue weighted by molar-refractivity contribution is 6.04. The van der Waals surface area contributed by atoms with Gasteiger partial charge in [-0.15, -0.1) is 0 Å². The van der Waals surface area contributed by atoms with Crippen LogP contribution in [0.25, 0.3) is 0 Å². The molecule has 1 N–H and O–H groups in total. The summed E-state index contributed by atoms with van der Waals surface area (Å²) >= 11 is 0. The predicted molar refractivity (Wildman–Crippen MR) is 128 cm³/mol. The van der Waals surface area contributed by atoms with Crippen molar-refractivity contribution in [2.75, 3.05) is 26.7 Å². The van der Waals surface area contributed by atoms with E-state index < -0.39 is 12.1 Å². The number of imide groups is 1. The molecule has 2 bridgehead atoms. The Labute approximate surface area is 203 Å². The summed E-state index contributed by atoms with van der Waals surface area (Å²) in [6.45, 7) is 2.08. The van der Waals surface area contributed by atoms with Gasteiger partial charge in [-0.25, -0.2) is 4.79 Å². The second-order valence-electron chi connectivity index (χ2n) is 9.59. The molecule has 4 heterocycles. The van der Waals surface area contributed by atoms with Crippen LogP contribution in [0.2, 0.25) is 0 Å². The SMILES string of the molecule is COc1ccccc1CCN1C(=O)N[C@H](CCC(=O)N2C[C@H]3C[C@@H](C2)c2cccc(=O)n2C3)C1=O. The standard InChI is InChI=1S/C26H30N4O5/c1-35-22-7-3-2-5-18(22)11-12-29-25(33)20(27-26(29)34)9-10-23(31)28-14-17-13-19(16-28)21-6-4-8-24(32)30(21)15-17/h2-8,17,19-20H,9-16H2,1H3,(H,27,34)/t17-,19+,20-/m1/s1. The fourth-order valence-corrected chi connectivity index (χ4v) is 5.65. The molecule has 5 rings (SSSR count). The summed E-state index contributed by atoms with van der Waals surface area (Å²) in [5.41, 5.74) is 1.94. The van der Waals surface area contributed by atoms with Crippen molar-refractivity contribution in [1.29, 1.82) is 0 Å². The van der Waals surface area contributed by atoms with E-state index in [2.05, 4.69) is 5.32 Å². The van der Waals surface area contributed by atoms with E-state index in [1.807, 2.05) is 39.8 Å². The molecule has 4 amide bonds. The summed E-state index contributed by atoms with van der Waals surface area (Å²) < 4.78 is 7.19. The number of hydrogen-bond donors (Lipinski definition) is 1. The van der Waals surface area contributed by atoms with Crippen molar-refractivity contribution in [1.82, 2.24) is 19.7 Å². The lowest BCUT2D eigenvalue weighted by Crippen LogP contribution is -2.49. The van der Waals surface area contributed by atoms with Gasteiger partial charge in [0, 0.05) is 50.3 Å². The number of urea groups is 1. The van der Waals surface area contributed by atoms with Gasteiger partial charge in [-0.2, -0.15) is 0 Å². The highest BCUT2D eigenvalue weighted by Crippen LogP contribution is 2.35. The minimum atomic E-state index is -0.687. The predicted octanol–water partition coefficient (Wildman–Crippen LogP) is 1.75. The second kappa shape index (κ2) is 9.56. The van der Waals surface area contributed by atoms with Gasteiger partial charge in [-0.3, -0.25) is 19.3 Å². The fourth-order valence-electron chi connectivity index (χ4n) is 5.65. The second-order valence-corrected chi connectivity index (χ2v) is 9.59. The molecule has 0 spiro atoms. The van der Waals surface area contributed by atoms with Crippen LogP contribution < -0.4 is 15.6 Å². The molecule has 9 nitrogen and oxygen atoms in total. The topological polar surface area (TPSA) is 101 Å². The van der Waals surface area contributed by atoms with E-state index in [0.29, 0.717) is 26.1 Å². The highest BCUT2D eigenvalue weighted by atomic mass is 16.5. The van der Waals surface area contributed by atoms with Gasteiger partial charge in [-0.1, -0.05) is 24.3 Å². The van der Waals surface area contributed by atoms with Crippen LogP contribution in [0, 0.1) is 5.92 Å². The number of likely N-dealkylation sites (tertiary alicyclic amines) is 1. The Morgan fingerprint density at radius 3 is 2.71 bits per heavy atom. The summed E-state index contributed by atoms with van der Waals surface area (Å²) in [5.74, 6) is 0.824. The lowest BCUT2D eigenvalue weighted by Gasteiger charge is -2.42. The first-order chi connectivity index (χ1) is 16.9. The van der Waals surface area contributed by atoms with Crippen molar-refractivity contribution >= 4 is 17.8 Å². The van der Waals surface area contributed by atoms with Crippen molar-refractivity contribution in [3.63, 3.8) is 0 Å². The van der Waals surface area contributed by atoms with Crippen LogP contribution in [0.4, 0.5) is 4.79 Å². The monoisotopic (exact) mass is 478 g/mol. The molecule has 2 fully saturated rings. The van der Waals surface area contributed by atoms with E-state index in [1.54, 1.807) is 19.2 Å². The molecule has 35 heavy (non-hydrogen) atoms. The average molecular weight is 479 g/mol. The quantitative estimate of drug-likeness (QED) is 0.611. The maximum absolute atomic E-state index is 13.0. The number of hydrogen-bond acceptors (Lipinski definition) is 5. The van der Waals surface area contributed by atoms with Gasteiger partial charge in [0.25, 0.3) is 11.5 Å². The number of benzene rings is 1. The number of carbonyl (C=O) groups excluding carboxylic acids is 3. The number of ether oxygens (including phenoxy) is 1. The van der Waals surface area contributed by atoms with Crippen LogP contribution in [0.3, 0.4) is 0 Å². The zero-order valence-electron chi connectivity index (χ0n) is 19.8. The summed E-state index contributed by atoms with van der Waals surface area (Å²) in [4.78, 5) is 53.6. The average Bonchev–Trinajstić information content (AvgIpc) is 3.14. The molecule has 3 aliphatic rings. The van der Waals surface area contributed by atoms with E-state index in [4.69, 9.17) is 4.74 Å². The first-order valence-corrected chi connectivity index (χ1v) is 12.2. The van der Waals surface area contributed by atoms with E-state index in [-0.39, 0.29) is 48.6 Å². The van der Waals surface area contributed by atoms with Crippen LogP contribution in [0.5, 0.6) is 5.75 Å². The Morgan fingerprint density at radius 1 is 1.06 bits per heavy atom. The van der Waals surface area contributed by atoms with Gasteiger partial charge in [0.05, 0.1) is 7.11 Å². The lowest BCUT2D eigenvalue weighted by molar-refractivity contribution is -0.134. The zero-order chi connectivity index (χ0) is 24.5. The van der Waals surface area contributed by atoms with Crippen molar-refractivity contribution < 1.29 is 19.1 Å². The third-order valence-corrected chi connectivity index (χ3v) is 7.38. The highest BCUT2D eigenvalue weighted by Gasteiger charge is 2.39. The molecule has 3 aliphatic heterocycles. The Bertz CT molecular complexity index is 1210. The number of nitrogens with one attached hydrogen (secondary N) is 1. The molecule has 0 unspecified atom stereocenters. The van der Waals surface area contributed by atoms with Crippen molar-refractivity contribution in [3.05, 3.63) is 64.1 Å². The van der Waals surface area contributed by atoms with Gasteiger partial charge in [0.1, 0.15) is 11.8 Å². The first kappa shape index (κ1) is 23.1. The molecule has 0 saturated carbocycles. The number of amides is 4. The smallest absolute Gasteiger partial charge is 0.324 e. The van der Waals surface area contributed by atoms with Gasteiger partial charge >= 0.3 is 6.03 Å². The fraction of sp³-hybridized carbons (Fsp3) is 0.462. The van der Waals surface area contributed by atoms with Gasteiger partial charge < -0.3 is 19.5 Å². The largest absolute Gasteiger partial charge is 0.496 e. The van der Waals surface area contributed by atoms with Gasteiger partial charge in [0.15, 0.2) is 0 Å². The van der Waals surface area contributed by atoms with Gasteiger partial charge in [-0.05, 0) is 42.9 Å². The van der Waals surface area contributed by atoms with E-state index in [0.717, 1.165) is 23.4 Å². The third kappa shape index (κ3) is 4.54. The van der Waals surface area contributed by atoms with E-state index in [1.165, 1.54) is 4.90 Å². The van der Waals surface area contributed by atoms with Crippen LogP contribution in [0.1, 0.15) is 36.4 Å². The summed E-state index contributed by atoms with van der Waals surface area (Å²) in [5, 5.41) is 2.73. The summed E-state index contributed by atoms with van der Waals surface area (Å²) in [7, 11) is 1.59. The number of methoxy groups -OCH3 is 1. The number of carbonyl (C=O) groups is 3. The molecule has 1 aromatic heterocycles. The van der Waals surface area contributed by atoms with Crippen molar-refractivity contribution in [2.24, 2.45) is 5.92 Å². The molecule has 3 atom stereocenters. The Kier molecular flexibility index (Phi) is 6.32. The van der Waals surface area contributed by atoms with Crippen LogP contribution in [-0.2, 0) is 22.6 Å². The number of piperidine rings is 1. The summed E-state index contributed by atoms with van der Waals surface area (Å²) in [6, 6.07) is 11.8. The van der Waals surface area contributed by atoms with Crippen molar-refractivity contribution in [2.45, 2.75) is 44.2 Å². The first-order valence-electron chi connectivity index (χ1n) is 12.2. The molecule has 2 saturated heterocycles. The maximum Gasteiger partial charge on any atom is 0.324 e. The molecule has 0 aliphatic carbocycles. The number of fused-ring (bicyclic) bond motifs is 4. The van der Waals surface area contributed by atoms with E-state index >= 15 is 0 Å². The number of nitrogens with zero attached hydrogens (tertiary/aromatic N) is 3. The Balaban J connectivity index is 1.16. The molecular weight excluding hydrogens is 448 g/mol. The Morgan fingerprint density at radius 2 is 1.89 bits per heavy atom. The normalized spacial score (nSPS) is 23.2. The molecular formula is C26H30N4O5. The van der Waals surface area contributed by atoms with Crippen molar-refractivity contribution in [3.8, 4) is 5.75 Å². The van der Waals surface area contributed by atoms with Crippen LogP contribution in [0.15, 0.2) is 47.3 Å². The minimum Gasteiger partial charge on any atom is -0.496 e. The number of pyridine rings is 1. The zero-order valence-corrected chi connectivity index (χ0v) is 19.8. The lowest BCUT2D eigenvalue weighted by atomic mass is 9.83. The van der Waals surface area contributed by atoms with Gasteiger partial charge in [0.2, 0.25) is 5.91 Å². The van der Waals surface area contributed by atoms with Crippen LogP contribution >= 0.6 is 0 Å². The molecule has 2 aromatic rings. The molecule has 1 aromatic carbocycles. The third-order valence-electron chi connectivity index (χ3n) is 7.38. The number of rotatable bonds is 7. The summed E-state index contributed by atoms with van der Waals surface area (Å²) in [6.07, 6.45) is 1.94. The minimum absolute atomic E-state index is 0.0130. The molecule has 9 heteroatoms. The molecule has 0 radical (unpaired) electrons. The maximum atomic E-state index is 13.0. The number of para-hydroxylation sites is 1. The van der Waals surface area contributed by atoms with E-state index in [9.17, 15) is 19.2 Å². The Hall–Kier alpha value is -3.62. The number of aromatic nitrogens is 1.